The molecule has 0 radical (unpaired) electrons. The highest BCUT2D eigenvalue weighted by atomic mass is 16.5. The van der Waals surface area contributed by atoms with Gasteiger partial charge in [-0.15, -0.1) is 0 Å². The van der Waals surface area contributed by atoms with E-state index in [1.165, 1.54) is 0 Å². The summed E-state index contributed by atoms with van der Waals surface area (Å²) >= 11 is 0. The molecule has 0 saturated carbocycles. The van der Waals surface area contributed by atoms with Gasteiger partial charge in [0.25, 0.3) is 0 Å². The van der Waals surface area contributed by atoms with Gasteiger partial charge in [-0.1, -0.05) is 66.7 Å². The van der Waals surface area contributed by atoms with Gasteiger partial charge in [0.1, 0.15) is 12.4 Å². The summed E-state index contributed by atoms with van der Waals surface area (Å²) in [6, 6.07) is 25.9. The summed E-state index contributed by atoms with van der Waals surface area (Å²) in [6.45, 7) is 1.36. The van der Waals surface area contributed by atoms with Crippen molar-refractivity contribution < 1.29 is 14.6 Å². The van der Waals surface area contributed by atoms with Gasteiger partial charge in [0.05, 0.1) is 12.5 Å². The normalized spacial score (nSPS) is 14.6. The smallest absolute Gasteiger partial charge is 0.230 e. The molecule has 0 aliphatic heterocycles. The standard InChI is InChI=1S/C25H25NO3/c27-14-13-26(17-19-7-3-1-4-8-19)25(28)24-16-21-15-22(11-12-23(21)24)29-18-20-9-5-2-6-10-20/h1-12,15,24,27H,13-14,16-18H2. The van der Waals surface area contributed by atoms with Crippen molar-refractivity contribution in [1.29, 1.82) is 0 Å². The Balaban J connectivity index is 1.40. The number of hydrogen-bond acceptors (Lipinski definition) is 3. The summed E-state index contributed by atoms with van der Waals surface area (Å²) in [6.07, 6.45) is 0.716. The first-order valence-electron chi connectivity index (χ1n) is 9.97. The average molecular weight is 387 g/mol. The molecule has 0 fully saturated rings. The van der Waals surface area contributed by atoms with Crippen molar-refractivity contribution in [3.63, 3.8) is 0 Å². The molecular weight excluding hydrogens is 362 g/mol. The van der Waals surface area contributed by atoms with E-state index in [2.05, 4.69) is 0 Å². The van der Waals surface area contributed by atoms with E-state index in [-0.39, 0.29) is 18.4 Å². The van der Waals surface area contributed by atoms with Crippen LogP contribution < -0.4 is 4.74 Å². The molecule has 1 aliphatic carbocycles. The second kappa shape index (κ2) is 8.93. The predicted octanol–water partition coefficient (Wildman–Crippen LogP) is 3.93. The van der Waals surface area contributed by atoms with Crippen LogP contribution in [0, 0.1) is 0 Å². The van der Waals surface area contributed by atoms with Crippen LogP contribution in [0.15, 0.2) is 78.9 Å². The first-order valence-corrected chi connectivity index (χ1v) is 9.97. The molecule has 3 aromatic carbocycles. The summed E-state index contributed by atoms with van der Waals surface area (Å²) in [5.41, 5.74) is 4.43. The Labute approximate surface area is 171 Å². The molecular formula is C25H25NO3. The molecule has 0 bridgehead atoms. The lowest BCUT2D eigenvalue weighted by atomic mass is 9.76. The number of rotatable bonds is 8. The molecule has 1 amide bonds. The third-order valence-corrected chi connectivity index (χ3v) is 5.36. The first kappa shape index (κ1) is 19.2. The highest BCUT2D eigenvalue weighted by molar-refractivity contribution is 5.87. The summed E-state index contributed by atoms with van der Waals surface area (Å²) in [5.74, 6) is 0.770. The number of benzene rings is 3. The van der Waals surface area contributed by atoms with Crippen LogP contribution in [0.5, 0.6) is 5.75 Å². The Kier molecular flexibility index (Phi) is 5.92. The van der Waals surface area contributed by atoms with E-state index in [9.17, 15) is 9.90 Å². The van der Waals surface area contributed by atoms with Gasteiger partial charge in [0, 0.05) is 13.1 Å². The van der Waals surface area contributed by atoms with Gasteiger partial charge < -0.3 is 14.7 Å². The van der Waals surface area contributed by atoms with Crippen molar-refractivity contribution in [2.75, 3.05) is 13.2 Å². The Morgan fingerprint density at radius 1 is 0.966 bits per heavy atom. The fourth-order valence-corrected chi connectivity index (χ4v) is 3.76. The van der Waals surface area contributed by atoms with Crippen LogP contribution in [-0.2, 0) is 24.4 Å². The number of nitrogens with zero attached hydrogens (tertiary/aromatic N) is 1. The van der Waals surface area contributed by atoms with Crippen molar-refractivity contribution in [2.45, 2.75) is 25.5 Å². The number of aliphatic hydroxyl groups excluding tert-OH is 1. The van der Waals surface area contributed by atoms with E-state index in [4.69, 9.17) is 4.74 Å². The molecule has 1 aliphatic rings. The monoisotopic (exact) mass is 387 g/mol. The van der Waals surface area contributed by atoms with Crippen LogP contribution in [0.4, 0.5) is 0 Å². The minimum absolute atomic E-state index is 0.0373. The second-order valence-corrected chi connectivity index (χ2v) is 7.36. The van der Waals surface area contributed by atoms with Crippen LogP contribution in [0.2, 0.25) is 0 Å². The third-order valence-electron chi connectivity index (χ3n) is 5.36. The molecule has 4 heteroatoms. The highest BCUT2D eigenvalue weighted by Gasteiger charge is 2.35. The molecule has 4 nitrogen and oxygen atoms in total. The van der Waals surface area contributed by atoms with Gasteiger partial charge in [0.2, 0.25) is 5.91 Å². The van der Waals surface area contributed by atoms with E-state index in [1.807, 2.05) is 78.9 Å². The molecule has 29 heavy (non-hydrogen) atoms. The molecule has 1 atom stereocenters. The zero-order chi connectivity index (χ0) is 20.1. The molecule has 4 rings (SSSR count). The maximum absolute atomic E-state index is 13.1. The van der Waals surface area contributed by atoms with Crippen LogP contribution >= 0.6 is 0 Å². The minimum atomic E-state index is -0.136. The van der Waals surface area contributed by atoms with Crippen LogP contribution in [-0.4, -0.2) is 29.1 Å². The Bertz CT molecular complexity index is 956. The lowest BCUT2D eigenvalue weighted by Gasteiger charge is -2.34. The van der Waals surface area contributed by atoms with Crippen molar-refractivity contribution in [2.24, 2.45) is 0 Å². The van der Waals surface area contributed by atoms with E-state index < -0.39 is 0 Å². The van der Waals surface area contributed by atoms with Crippen molar-refractivity contribution in [1.82, 2.24) is 4.90 Å². The Hall–Kier alpha value is -3.11. The Morgan fingerprint density at radius 3 is 2.31 bits per heavy atom. The zero-order valence-corrected chi connectivity index (χ0v) is 16.3. The molecule has 0 spiro atoms. The summed E-state index contributed by atoms with van der Waals surface area (Å²) < 4.78 is 5.89. The number of hydrogen-bond donors (Lipinski definition) is 1. The first-order chi connectivity index (χ1) is 14.2. The largest absolute Gasteiger partial charge is 0.489 e. The van der Waals surface area contributed by atoms with Gasteiger partial charge >= 0.3 is 0 Å². The number of amides is 1. The molecule has 3 aromatic rings. The molecule has 0 heterocycles. The van der Waals surface area contributed by atoms with Gasteiger partial charge in [-0.2, -0.15) is 0 Å². The SMILES string of the molecule is O=C(C1Cc2cc(OCc3ccccc3)ccc21)N(CCO)Cc1ccccc1. The van der Waals surface area contributed by atoms with E-state index in [0.717, 1.165) is 28.0 Å². The quantitative estimate of drug-likeness (QED) is 0.637. The third kappa shape index (κ3) is 4.49. The maximum Gasteiger partial charge on any atom is 0.230 e. The number of carbonyl (C=O) groups is 1. The fraction of sp³-hybridized carbons (Fsp3) is 0.240. The predicted molar refractivity (Wildman–Crippen MR) is 113 cm³/mol. The summed E-state index contributed by atoms with van der Waals surface area (Å²) in [5, 5.41) is 9.41. The molecule has 1 unspecified atom stereocenters. The van der Waals surface area contributed by atoms with Gasteiger partial charge in [-0.05, 0) is 40.8 Å². The number of carbonyl (C=O) groups excluding carboxylic acids is 1. The highest BCUT2D eigenvalue weighted by Crippen LogP contribution is 2.39. The van der Waals surface area contributed by atoms with Gasteiger partial charge in [0.15, 0.2) is 0 Å². The average Bonchev–Trinajstić information content (AvgIpc) is 2.74. The molecule has 0 aromatic heterocycles. The van der Waals surface area contributed by atoms with Gasteiger partial charge in [-0.25, -0.2) is 0 Å². The van der Waals surface area contributed by atoms with Crippen LogP contribution in [0.25, 0.3) is 0 Å². The maximum atomic E-state index is 13.1. The van der Waals surface area contributed by atoms with E-state index in [0.29, 0.717) is 26.1 Å². The van der Waals surface area contributed by atoms with Crippen LogP contribution in [0.3, 0.4) is 0 Å². The van der Waals surface area contributed by atoms with E-state index >= 15 is 0 Å². The number of ether oxygens (including phenoxy) is 1. The lowest BCUT2D eigenvalue weighted by Crippen LogP contribution is -2.40. The second-order valence-electron chi connectivity index (χ2n) is 7.36. The molecule has 148 valence electrons. The summed E-state index contributed by atoms with van der Waals surface area (Å²) in [4.78, 5) is 14.8. The number of aliphatic hydroxyl groups is 1. The lowest BCUT2D eigenvalue weighted by molar-refractivity contribution is -0.134. The van der Waals surface area contributed by atoms with Crippen molar-refractivity contribution in [3.8, 4) is 5.75 Å². The topological polar surface area (TPSA) is 49.8 Å². The fourth-order valence-electron chi connectivity index (χ4n) is 3.76. The minimum Gasteiger partial charge on any atom is -0.489 e. The molecule has 0 saturated heterocycles. The van der Waals surface area contributed by atoms with E-state index in [1.54, 1.807) is 4.90 Å². The van der Waals surface area contributed by atoms with Crippen molar-refractivity contribution >= 4 is 5.91 Å². The van der Waals surface area contributed by atoms with Crippen LogP contribution in [0.1, 0.15) is 28.2 Å². The molecule has 1 N–H and O–H groups in total. The number of fused-ring (bicyclic) bond motifs is 1. The van der Waals surface area contributed by atoms with Gasteiger partial charge in [-0.3, -0.25) is 4.79 Å². The van der Waals surface area contributed by atoms with Crippen molar-refractivity contribution in [3.05, 3.63) is 101 Å². The zero-order valence-electron chi connectivity index (χ0n) is 16.3. The Morgan fingerprint density at radius 2 is 1.66 bits per heavy atom. The summed E-state index contributed by atoms with van der Waals surface area (Å²) in [7, 11) is 0.